The van der Waals surface area contributed by atoms with Crippen LogP contribution in [-0.2, 0) is 0 Å². The molecule has 0 N–H and O–H groups in total. The Bertz CT molecular complexity index is 510. The van der Waals surface area contributed by atoms with Gasteiger partial charge in [-0.3, -0.25) is 4.79 Å². The molecule has 0 bridgehead atoms. The first-order valence-electron chi connectivity index (χ1n) is 4.00. The van der Waals surface area contributed by atoms with Crippen molar-refractivity contribution >= 4 is 5.65 Å². The highest BCUT2D eigenvalue weighted by Crippen LogP contribution is 1.99. The van der Waals surface area contributed by atoms with Gasteiger partial charge in [0.1, 0.15) is 0 Å². The zero-order chi connectivity index (χ0) is 9.42. The summed E-state index contributed by atoms with van der Waals surface area (Å²) in [5.41, 5.74) is 2.18. The standard InChI is InChI=1S/C9H9N3O/c1-6-3-8-11-7(2)4-9(13)12(8)10-5-6/h3-5H,1-2H3. The predicted octanol–water partition coefficient (Wildman–Crippen LogP) is 0.706. The van der Waals surface area contributed by atoms with Crippen LogP contribution in [0.25, 0.3) is 5.65 Å². The summed E-state index contributed by atoms with van der Waals surface area (Å²) in [4.78, 5) is 15.6. The fourth-order valence-corrected chi connectivity index (χ4v) is 1.21. The lowest BCUT2D eigenvalue weighted by Gasteiger charge is -1.99. The Morgan fingerprint density at radius 3 is 2.85 bits per heavy atom. The van der Waals surface area contributed by atoms with Gasteiger partial charge in [-0.2, -0.15) is 9.61 Å². The third kappa shape index (κ3) is 1.30. The molecule has 66 valence electrons. The van der Waals surface area contributed by atoms with Crippen molar-refractivity contribution in [2.75, 3.05) is 0 Å². The normalized spacial score (nSPS) is 10.6. The number of fused-ring (bicyclic) bond motifs is 1. The van der Waals surface area contributed by atoms with Crippen molar-refractivity contribution in [3.63, 3.8) is 0 Å². The lowest BCUT2D eigenvalue weighted by molar-refractivity contribution is 0.852. The van der Waals surface area contributed by atoms with E-state index in [0.29, 0.717) is 5.65 Å². The SMILES string of the molecule is Cc1cnn2c(=O)cc(C)nc2c1. The quantitative estimate of drug-likeness (QED) is 0.592. The first kappa shape index (κ1) is 7.91. The molecule has 2 heterocycles. The minimum absolute atomic E-state index is 0.137. The van der Waals surface area contributed by atoms with Gasteiger partial charge in [-0.25, -0.2) is 4.98 Å². The van der Waals surface area contributed by atoms with Crippen molar-refractivity contribution in [2.24, 2.45) is 0 Å². The molecule has 0 spiro atoms. The molecule has 0 aromatic carbocycles. The second kappa shape index (κ2) is 2.65. The molecule has 0 radical (unpaired) electrons. The molecule has 0 aliphatic heterocycles. The summed E-state index contributed by atoms with van der Waals surface area (Å²) in [6.07, 6.45) is 1.64. The fraction of sp³-hybridized carbons (Fsp3) is 0.222. The molecular formula is C9H9N3O. The van der Waals surface area contributed by atoms with Gasteiger partial charge in [-0.15, -0.1) is 0 Å². The second-order valence-corrected chi connectivity index (χ2v) is 3.04. The van der Waals surface area contributed by atoms with E-state index in [2.05, 4.69) is 10.1 Å². The van der Waals surface area contributed by atoms with Gasteiger partial charge in [0.15, 0.2) is 5.65 Å². The molecular weight excluding hydrogens is 166 g/mol. The Kier molecular flexibility index (Phi) is 1.62. The molecule has 13 heavy (non-hydrogen) atoms. The largest absolute Gasteiger partial charge is 0.274 e. The van der Waals surface area contributed by atoms with Crippen LogP contribution in [0.15, 0.2) is 23.1 Å². The number of hydrogen-bond donors (Lipinski definition) is 0. The van der Waals surface area contributed by atoms with Crippen molar-refractivity contribution < 1.29 is 0 Å². The van der Waals surface area contributed by atoms with Crippen molar-refractivity contribution in [1.29, 1.82) is 0 Å². The van der Waals surface area contributed by atoms with Crippen LogP contribution < -0.4 is 5.56 Å². The predicted molar refractivity (Wildman–Crippen MR) is 48.7 cm³/mol. The molecule has 2 aromatic heterocycles. The molecule has 0 aliphatic rings. The van der Waals surface area contributed by atoms with Crippen LogP contribution >= 0.6 is 0 Å². The van der Waals surface area contributed by atoms with Gasteiger partial charge in [0, 0.05) is 11.8 Å². The van der Waals surface area contributed by atoms with E-state index in [-0.39, 0.29) is 5.56 Å². The zero-order valence-corrected chi connectivity index (χ0v) is 7.48. The van der Waals surface area contributed by atoms with E-state index in [0.717, 1.165) is 11.3 Å². The Morgan fingerprint density at radius 2 is 2.08 bits per heavy atom. The summed E-state index contributed by atoms with van der Waals surface area (Å²) >= 11 is 0. The monoisotopic (exact) mass is 175 g/mol. The Labute approximate surface area is 74.9 Å². The Morgan fingerprint density at radius 1 is 1.31 bits per heavy atom. The molecule has 0 aliphatic carbocycles. The molecule has 2 rings (SSSR count). The molecule has 0 unspecified atom stereocenters. The van der Waals surface area contributed by atoms with Crippen molar-refractivity contribution in [3.8, 4) is 0 Å². The lowest BCUT2D eigenvalue weighted by Crippen LogP contribution is -2.17. The summed E-state index contributed by atoms with van der Waals surface area (Å²) < 4.78 is 1.29. The van der Waals surface area contributed by atoms with Crippen molar-refractivity contribution in [2.45, 2.75) is 13.8 Å². The van der Waals surface area contributed by atoms with Gasteiger partial charge in [0.2, 0.25) is 0 Å². The summed E-state index contributed by atoms with van der Waals surface area (Å²) in [6, 6.07) is 3.30. The Hall–Kier alpha value is -1.71. The van der Waals surface area contributed by atoms with E-state index in [4.69, 9.17) is 0 Å². The smallest absolute Gasteiger partial charge is 0.267 e. The van der Waals surface area contributed by atoms with E-state index < -0.39 is 0 Å². The number of aryl methyl sites for hydroxylation is 2. The second-order valence-electron chi connectivity index (χ2n) is 3.04. The molecule has 0 amide bonds. The van der Waals surface area contributed by atoms with E-state index in [9.17, 15) is 4.79 Å². The van der Waals surface area contributed by atoms with Crippen LogP contribution in [0.2, 0.25) is 0 Å². The van der Waals surface area contributed by atoms with Crippen LogP contribution in [-0.4, -0.2) is 14.6 Å². The summed E-state index contributed by atoms with van der Waals surface area (Å²) in [6.45, 7) is 3.71. The number of rotatable bonds is 0. The lowest BCUT2D eigenvalue weighted by atomic mass is 10.3. The number of nitrogens with zero attached hydrogens (tertiary/aromatic N) is 3. The zero-order valence-electron chi connectivity index (χ0n) is 7.48. The first-order valence-corrected chi connectivity index (χ1v) is 4.00. The van der Waals surface area contributed by atoms with Gasteiger partial charge >= 0.3 is 0 Å². The minimum Gasteiger partial charge on any atom is -0.267 e. The third-order valence-corrected chi connectivity index (χ3v) is 1.78. The summed E-state index contributed by atoms with van der Waals surface area (Å²) in [5.74, 6) is 0. The first-order chi connectivity index (χ1) is 6.16. The average molecular weight is 175 g/mol. The fourth-order valence-electron chi connectivity index (χ4n) is 1.21. The van der Waals surface area contributed by atoms with Gasteiger partial charge < -0.3 is 0 Å². The molecule has 4 heteroatoms. The summed E-state index contributed by atoms with van der Waals surface area (Å²) in [5, 5.41) is 3.96. The van der Waals surface area contributed by atoms with Gasteiger partial charge in [-0.1, -0.05) is 0 Å². The van der Waals surface area contributed by atoms with Crippen LogP contribution in [0.4, 0.5) is 0 Å². The topological polar surface area (TPSA) is 47.3 Å². The Balaban J connectivity index is 2.95. The maximum absolute atomic E-state index is 11.4. The van der Waals surface area contributed by atoms with E-state index >= 15 is 0 Å². The molecule has 0 saturated heterocycles. The molecule has 2 aromatic rings. The maximum atomic E-state index is 11.4. The number of aromatic nitrogens is 3. The highest BCUT2D eigenvalue weighted by atomic mass is 16.1. The van der Waals surface area contributed by atoms with Crippen molar-refractivity contribution in [3.05, 3.63) is 39.9 Å². The number of hydrogen-bond acceptors (Lipinski definition) is 3. The van der Waals surface area contributed by atoms with E-state index in [1.54, 1.807) is 13.1 Å². The highest BCUT2D eigenvalue weighted by Gasteiger charge is 1.99. The van der Waals surface area contributed by atoms with Crippen molar-refractivity contribution in [1.82, 2.24) is 14.6 Å². The van der Waals surface area contributed by atoms with Crippen LogP contribution in [0.3, 0.4) is 0 Å². The van der Waals surface area contributed by atoms with Gasteiger partial charge in [-0.05, 0) is 25.5 Å². The summed E-state index contributed by atoms with van der Waals surface area (Å²) in [7, 11) is 0. The molecule has 0 atom stereocenters. The average Bonchev–Trinajstić information content (AvgIpc) is 2.02. The maximum Gasteiger partial charge on any atom is 0.274 e. The van der Waals surface area contributed by atoms with E-state index in [1.807, 2.05) is 13.0 Å². The third-order valence-electron chi connectivity index (χ3n) is 1.78. The van der Waals surface area contributed by atoms with Gasteiger partial charge in [0.25, 0.3) is 5.56 Å². The van der Waals surface area contributed by atoms with Gasteiger partial charge in [0.05, 0.1) is 6.20 Å². The molecule has 0 saturated carbocycles. The molecule has 0 fully saturated rings. The highest BCUT2D eigenvalue weighted by molar-refractivity contribution is 5.38. The molecule has 4 nitrogen and oxygen atoms in total. The van der Waals surface area contributed by atoms with Crippen LogP contribution in [0.1, 0.15) is 11.3 Å². The minimum atomic E-state index is -0.137. The van der Waals surface area contributed by atoms with E-state index in [1.165, 1.54) is 10.6 Å². The van der Waals surface area contributed by atoms with Crippen LogP contribution in [0.5, 0.6) is 0 Å². The van der Waals surface area contributed by atoms with Crippen LogP contribution in [0, 0.1) is 13.8 Å².